The van der Waals surface area contributed by atoms with Crippen LogP contribution in [0.4, 0.5) is 0 Å². The summed E-state index contributed by atoms with van der Waals surface area (Å²) in [5.74, 6) is 1.71. The standard InChI is InChI=1S/C19H41N5O.HI/c1-17-9-7-10-19(15-17,23(3)4)16-22-18(20-2)21-11-13-24(5)12-8-14-25-6;/h17H,7-16H2,1-6H3,(H2,20,21,22);1H. The van der Waals surface area contributed by atoms with Gasteiger partial charge in [-0.15, -0.1) is 24.0 Å². The van der Waals surface area contributed by atoms with E-state index >= 15 is 0 Å². The van der Waals surface area contributed by atoms with Gasteiger partial charge in [-0.1, -0.05) is 19.8 Å². The van der Waals surface area contributed by atoms with E-state index in [0.29, 0.717) is 0 Å². The Morgan fingerprint density at radius 3 is 2.54 bits per heavy atom. The topological polar surface area (TPSA) is 52.1 Å². The lowest BCUT2D eigenvalue weighted by Crippen LogP contribution is -2.56. The van der Waals surface area contributed by atoms with Crippen LogP contribution in [0.5, 0.6) is 0 Å². The first-order chi connectivity index (χ1) is 11.9. The minimum absolute atomic E-state index is 0. The first-order valence-electron chi connectivity index (χ1n) is 9.73. The molecule has 1 rings (SSSR count). The molecular weight excluding hydrogens is 441 g/mol. The Bertz CT molecular complexity index is 394. The highest BCUT2D eigenvalue weighted by Crippen LogP contribution is 2.35. The van der Waals surface area contributed by atoms with Gasteiger partial charge in [0.1, 0.15) is 0 Å². The fourth-order valence-electron chi connectivity index (χ4n) is 3.78. The molecule has 2 N–H and O–H groups in total. The highest BCUT2D eigenvalue weighted by atomic mass is 127. The summed E-state index contributed by atoms with van der Waals surface area (Å²) in [7, 11) is 10.2. The third-order valence-corrected chi connectivity index (χ3v) is 5.50. The molecule has 6 nitrogen and oxygen atoms in total. The van der Waals surface area contributed by atoms with Crippen molar-refractivity contribution in [2.24, 2.45) is 10.9 Å². The predicted octanol–water partition coefficient (Wildman–Crippen LogP) is 2.25. The summed E-state index contributed by atoms with van der Waals surface area (Å²) >= 11 is 0. The van der Waals surface area contributed by atoms with Crippen molar-refractivity contribution in [2.75, 3.05) is 68.1 Å². The van der Waals surface area contributed by atoms with Crippen molar-refractivity contribution in [3.8, 4) is 0 Å². The second kappa shape index (κ2) is 14.0. The van der Waals surface area contributed by atoms with Crippen LogP contribution in [0, 0.1) is 5.92 Å². The van der Waals surface area contributed by atoms with E-state index in [1.165, 1.54) is 25.7 Å². The normalized spacial score (nSPS) is 23.8. The van der Waals surface area contributed by atoms with Crippen LogP contribution in [-0.2, 0) is 4.74 Å². The van der Waals surface area contributed by atoms with Gasteiger partial charge in [0.05, 0.1) is 0 Å². The quantitative estimate of drug-likeness (QED) is 0.216. The van der Waals surface area contributed by atoms with Gasteiger partial charge in [0, 0.05) is 52.5 Å². The van der Waals surface area contributed by atoms with Gasteiger partial charge in [0.15, 0.2) is 5.96 Å². The van der Waals surface area contributed by atoms with Crippen LogP contribution in [0.1, 0.15) is 39.0 Å². The van der Waals surface area contributed by atoms with Gasteiger partial charge in [0.25, 0.3) is 0 Å². The molecule has 156 valence electrons. The number of nitrogens with one attached hydrogen (secondary N) is 2. The summed E-state index contributed by atoms with van der Waals surface area (Å²) in [4.78, 5) is 9.12. The van der Waals surface area contributed by atoms with Gasteiger partial charge in [-0.3, -0.25) is 4.99 Å². The maximum Gasteiger partial charge on any atom is 0.191 e. The van der Waals surface area contributed by atoms with E-state index in [2.05, 4.69) is 53.5 Å². The number of hydrogen-bond acceptors (Lipinski definition) is 4. The van der Waals surface area contributed by atoms with E-state index in [4.69, 9.17) is 4.74 Å². The van der Waals surface area contributed by atoms with Gasteiger partial charge in [-0.25, -0.2) is 0 Å². The number of rotatable bonds is 10. The van der Waals surface area contributed by atoms with Crippen LogP contribution in [0.2, 0.25) is 0 Å². The predicted molar refractivity (Wildman–Crippen MR) is 123 cm³/mol. The van der Waals surface area contributed by atoms with E-state index in [-0.39, 0.29) is 29.5 Å². The van der Waals surface area contributed by atoms with Crippen molar-refractivity contribution in [3.63, 3.8) is 0 Å². The molecule has 0 saturated heterocycles. The van der Waals surface area contributed by atoms with Crippen LogP contribution in [0.3, 0.4) is 0 Å². The van der Waals surface area contributed by atoms with E-state index < -0.39 is 0 Å². The number of hydrogen-bond donors (Lipinski definition) is 2. The van der Waals surface area contributed by atoms with Gasteiger partial charge < -0.3 is 25.2 Å². The van der Waals surface area contributed by atoms with Crippen molar-refractivity contribution < 1.29 is 4.74 Å². The zero-order valence-electron chi connectivity index (χ0n) is 17.8. The summed E-state index contributed by atoms with van der Waals surface area (Å²) < 4.78 is 5.10. The number of nitrogens with zero attached hydrogens (tertiary/aromatic N) is 3. The van der Waals surface area contributed by atoms with E-state index in [1.54, 1.807) is 7.11 Å². The molecule has 26 heavy (non-hydrogen) atoms. The third-order valence-electron chi connectivity index (χ3n) is 5.50. The highest BCUT2D eigenvalue weighted by Gasteiger charge is 2.36. The molecule has 0 aliphatic heterocycles. The molecule has 0 aromatic rings. The molecule has 1 aliphatic carbocycles. The van der Waals surface area contributed by atoms with Gasteiger partial charge in [-0.2, -0.15) is 0 Å². The molecule has 2 atom stereocenters. The summed E-state index contributed by atoms with van der Waals surface area (Å²) in [6, 6.07) is 0. The Hall–Kier alpha value is -0.120. The zero-order chi connectivity index (χ0) is 18.7. The Balaban J connectivity index is 0.00000625. The molecule has 0 aromatic heterocycles. The lowest BCUT2D eigenvalue weighted by Gasteiger charge is -2.45. The molecule has 1 saturated carbocycles. The SMILES string of the molecule is CN=C(NCCN(C)CCCOC)NCC1(N(C)C)CCCC(C)C1.I. The Labute approximate surface area is 178 Å². The monoisotopic (exact) mass is 483 g/mol. The van der Waals surface area contributed by atoms with E-state index in [9.17, 15) is 0 Å². The first kappa shape index (κ1) is 25.9. The lowest BCUT2D eigenvalue weighted by atomic mass is 9.75. The van der Waals surface area contributed by atoms with Crippen molar-refractivity contribution in [1.29, 1.82) is 0 Å². The molecule has 0 bridgehead atoms. The first-order valence-corrected chi connectivity index (χ1v) is 9.73. The summed E-state index contributed by atoms with van der Waals surface area (Å²) in [6.07, 6.45) is 6.27. The molecule has 0 aromatic carbocycles. The summed E-state index contributed by atoms with van der Waals surface area (Å²) in [6.45, 7) is 7.11. The van der Waals surface area contributed by atoms with Crippen LogP contribution >= 0.6 is 24.0 Å². The second-order valence-corrected chi connectivity index (χ2v) is 7.82. The smallest absolute Gasteiger partial charge is 0.191 e. The number of halogens is 1. The van der Waals surface area contributed by atoms with Crippen LogP contribution in [0.15, 0.2) is 4.99 Å². The minimum Gasteiger partial charge on any atom is -0.385 e. The maximum absolute atomic E-state index is 5.10. The van der Waals surface area contributed by atoms with E-state index in [1.807, 2.05) is 7.05 Å². The Morgan fingerprint density at radius 2 is 1.96 bits per heavy atom. The average Bonchev–Trinajstić information content (AvgIpc) is 2.58. The molecule has 1 fully saturated rings. The molecule has 0 spiro atoms. The van der Waals surface area contributed by atoms with Crippen LogP contribution < -0.4 is 10.6 Å². The largest absolute Gasteiger partial charge is 0.385 e. The number of aliphatic imine (C=N–C) groups is 1. The average molecular weight is 483 g/mol. The number of likely N-dealkylation sites (N-methyl/N-ethyl adjacent to an activating group) is 2. The summed E-state index contributed by atoms with van der Waals surface area (Å²) in [5, 5.41) is 7.01. The number of guanidine groups is 1. The number of methoxy groups -OCH3 is 1. The second-order valence-electron chi connectivity index (χ2n) is 7.82. The minimum atomic E-state index is 0. The fraction of sp³-hybridized carbons (Fsp3) is 0.947. The van der Waals surface area contributed by atoms with Gasteiger partial charge >= 0.3 is 0 Å². The Morgan fingerprint density at radius 1 is 1.23 bits per heavy atom. The molecule has 7 heteroatoms. The Kier molecular flexibility index (Phi) is 13.9. The molecular formula is C19H42IN5O. The molecule has 0 amide bonds. The lowest BCUT2D eigenvalue weighted by molar-refractivity contribution is 0.0795. The van der Waals surface area contributed by atoms with Crippen molar-refractivity contribution in [1.82, 2.24) is 20.4 Å². The van der Waals surface area contributed by atoms with Crippen molar-refractivity contribution in [3.05, 3.63) is 0 Å². The highest BCUT2D eigenvalue weighted by molar-refractivity contribution is 14.0. The van der Waals surface area contributed by atoms with Crippen LogP contribution in [-0.4, -0.2) is 89.4 Å². The molecule has 1 aliphatic rings. The third kappa shape index (κ3) is 9.19. The maximum atomic E-state index is 5.10. The molecule has 0 heterocycles. The van der Waals surface area contributed by atoms with Gasteiger partial charge in [-0.05, 0) is 46.3 Å². The number of ether oxygens (including phenoxy) is 1. The fourth-order valence-corrected chi connectivity index (χ4v) is 3.78. The van der Waals surface area contributed by atoms with Crippen molar-refractivity contribution in [2.45, 2.75) is 44.6 Å². The van der Waals surface area contributed by atoms with Gasteiger partial charge in [0.2, 0.25) is 0 Å². The molecule has 2 unspecified atom stereocenters. The van der Waals surface area contributed by atoms with E-state index in [0.717, 1.165) is 51.1 Å². The zero-order valence-corrected chi connectivity index (χ0v) is 20.1. The molecule has 0 radical (unpaired) electrons. The van der Waals surface area contributed by atoms with Crippen LogP contribution in [0.25, 0.3) is 0 Å². The summed E-state index contributed by atoms with van der Waals surface area (Å²) in [5.41, 5.74) is 0.242. The van der Waals surface area contributed by atoms with Crippen molar-refractivity contribution >= 4 is 29.9 Å².